The average molecular weight is 265 g/mol. The third-order valence-corrected chi connectivity index (χ3v) is 4.28. The van der Waals surface area contributed by atoms with E-state index in [9.17, 15) is 0 Å². The molecule has 2 rings (SSSR count). The highest BCUT2D eigenvalue weighted by Gasteiger charge is 2.28. The minimum atomic E-state index is 0.277. The molecule has 1 heteroatoms. The van der Waals surface area contributed by atoms with Crippen LogP contribution >= 0.6 is 11.6 Å². The largest absolute Gasteiger partial charge is 0.123 e. The molecule has 1 aromatic rings. The van der Waals surface area contributed by atoms with E-state index in [0.29, 0.717) is 5.41 Å². The predicted molar refractivity (Wildman–Crippen MR) is 80.5 cm³/mol. The summed E-state index contributed by atoms with van der Waals surface area (Å²) in [6, 6.07) is 9.00. The van der Waals surface area contributed by atoms with Gasteiger partial charge in [-0.15, -0.1) is 11.6 Å². The van der Waals surface area contributed by atoms with Gasteiger partial charge in [-0.25, -0.2) is 0 Å². The molecule has 0 nitrogen and oxygen atoms in total. The highest BCUT2D eigenvalue weighted by atomic mass is 35.5. The minimum Gasteiger partial charge on any atom is -0.123 e. The van der Waals surface area contributed by atoms with Crippen molar-refractivity contribution in [3.05, 3.63) is 35.4 Å². The zero-order valence-electron chi connectivity index (χ0n) is 11.9. The molecule has 0 fully saturated rings. The second-order valence-electron chi connectivity index (χ2n) is 6.64. The monoisotopic (exact) mass is 264 g/mol. The lowest BCUT2D eigenvalue weighted by molar-refractivity contribution is 0.268. The topological polar surface area (TPSA) is 0 Å². The molecule has 0 heterocycles. The molecule has 2 unspecified atom stereocenters. The maximum absolute atomic E-state index is 6.18. The Hall–Kier alpha value is -0.490. The second-order valence-corrected chi connectivity index (χ2v) is 7.39. The van der Waals surface area contributed by atoms with Gasteiger partial charge in [0, 0.05) is 5.38 Å². The van der Waals surface area contributed by atoms with E-state index in [0.717, 1.165) is 12.3 Å². The van der Waals surface area contributed by atoms with Gasteiger partial charge in [0.15, 0.2) is 0 Å². The summed E-state index contributed by atoms with van der Waals surface area (Å²) in [4.78, 5) is 0. The quantitative estimate of drug-likeness (QED) is 0.627. The first-order valence-corrected chi connectivity index (χ1v) is 7.63. The maximum Gasteiger partial charge on any atom is 0.0312 e. The predicted octanol–water partition coefficient (Wildman–Crippen LogP) is 5.54. The Kier molecular flexibility index (Phi) is 4.37. The lowest BCUT2D eigenvalue weighted by Crippen LogP contribution is -2.21. The highest BCUT2D eigenvalue weighted by molar-refractivity contribution is 6.20. The lowest BCUT2D eigenvalue weighted by Gasteiger charge is -2.34. The van der Waals surface area contributed by atoms with E-state index in [-0.39, 0.29) is 5.38 Å². The van der Waals surface area contributed by atoms with Crippen LogP contribution in [0.4, 0.5) is 0 Å². The molecule has 0 spiro atoms. The van der Waals surface area contributed by atoms with Crippen LogP contribution in [-0.2, 0) is 6.42 Å². The van der Waals surface area contributed by atoms with Crippen molar-refractivity contribution in [2.45, 2.75) is 64.2 Å². The molecule has 0 radical (unpaired) electrons. The standard InChI is InChI=1S/C17H25Cl/c1-13(18)11-17(2,3)12-15-9-6-8-14-7-4-5-10-16(14)15/h4-5,7,10,13,15H,6,8-9,11-12H2,1-3H3. The van der Waals surface area contributed by atoms with Gasteiger partial charge < -0.3 is 0 Å². The number of halogens is 1. The molecule has 0 bridgehead atoms. The first-order valence-electron chi connectivity index (χ1n) is 7.20. The summed E-state index contributed by atoms with van der Waals surface area (Å²) < 4.78 is 0. The number of aryl methyl sites for hydroxylation is 1. The molecule has 18 heavy (non-hydrogen) atoms. The zero-order chi connectivity index (χ0) is 13.2. The fourth-order valence-electron chi connectivity index (χ4n) is 3.58. The number of alkyl halides is 1. The Bertz CT molecular complexity index is 392. The molecule has 1 aliphatic rings. The summed E-state index contributed by atoms with van der Waals surface area (Å²) >= 11 is 6.18. The van der Waals surface area contributed by atoms with Gasteiger partial charge in [0.1, 0.15) is 0 Å². The second kappa shape index (κ2) is 5.65. The Morgan fingerprint density at radius 1 is 1.33 bits per heavy atom. The lowest BCUT2D eigenvalue weighted by atomic mass is 9.72. The number of rotatable bonds is 4. The number of fused-ring (bicyclic) bond motifs is 1. The summed E-state index contributed by atoms with van der Waals surface area (Å²) in [7, 11) is 0. The Labute approximate surface area is 117 Å². The first-order chi connectivity index (χ1) is 8.48. The molecule has 2 atom stereocenters. The van der Waals surface area contributed by atoms with E-state index in [1.165, 1.54) is 25.7 Å². The van der Waals surface area contributed by atoms with E-state index in [4.69, 9.17) is 11.6 Å². The van der Waals surface area contributed by atoms with Crippen molar-refractivity contribution >= 4 is 11.6 Å². The van der Waals surface area contributed by atoms with Crippen molar-refractivity contribution in [3.8, 4) is 0 Å². The van der Waals surface area contributed by atoms with Crippen LogP contribution in [-0.4, -0.2) is 5.38 Å². The van der Waals surface area contributed by atoms with Crippen LogP contribution in [0.25, 0.3) is 0 Å². The third kappa shape index (κ3) is 3.51. The molecule has 0 saturated heterocycles. The van der Waals surface area contributed by atoms with Crippen LogP contribution < -0.4 is 0 Å². The van der Waals surface area contributed by atoms with Gasteiger partial charge in [0.25, 0.3) is 0 Å². The summed E-state index contributed by atoms with van der Waals surface area (Å²) in [6.07, 6.45) is 6.32. The number of benzene rings is 1. The fourth-order valence-corrected chi connectivity index (χ4v) is 4.00. The highest BCUT2D eigenvalue weighted by Crippen LogP contribution is 2.41. The molecular formula is C17H25Cl. The summed E-state index contributed by atoms with van der Waals surface area (Å²) in [5.74, 6) is 0.736. The van der Waals surface area contributed by atoms with Crippen LogP contribution in [0.15, 0.2) is 24.3 Å². The van der Waals surface area contributed by atoms with E-state index in [2.05, 4.69) is 45.0 Å². The van der Waals surface area contributed by atoms with Crippen molar-refractivity contribution in [1.82, 2.24) is 0 Å². The Balaban J connectivity index is 2.11. The van der Waals surface area contributed by atoms with E-state index in [1.54, 1.807) is 11.1 Å². The van der Waals surface area contributed by atoms with Gasteiger partial charge >= 0.3 is 0 Å². The molecule has 0 aliphatic heterocycles. The van der Waals surface area contributed by atoms with Gasteiger partial charge in [-0.1, -0.05) is 38.1 Å². The Morgan fingerprint density at radius 3 is 2.78 bits per heavy atom. The van der Waals surface area contributed by atoms with Crippen LogP contribution in [0.2, 0.25) is 0 Å². The molecule has 0 N–H and O–H groups in total. The van der Waals surface area contributed by atoms with Crippen molar-refractivity contribution < 1.29 is 0 Å². The van der Waals surface area contributed by atoms with E-state index in [1.807, 2.05) is 0 Å². The zero-order valence-corrected chi connectivity index (χ0v) is 12.6. The first kappa shape index (κ1) is 13.9. The van der Waals surface area contributed by atoms with Gasteiger partial charge in [-0.2, -0.15) is 0 Å². The van der Waals surface area contributed by atoms with Gasteiger partial charge in [0.2, 0.25) is 0 Å². The van der Waals surface area contributed by atoms with E-state index >= 15 is 0 Å². The van der Waals surface area contributed by atoms with Crippen molar-refractivity contribution in [1.29, 1.82) is 0 Å². The van der Waals surface area contributed by atoms with Crippen molar-refractivity contribution in [3.63, 3.8) is 0 Å². The maximum atomic E-state index is 6.18. The average Bonchev–Trinajstić information content (AvgIpc) is 2.27. The third-order valence-electron chi connectivity index (χ3n) is 4.13. The van der Waals surface area contributed by atoms with Crippen LogP contribution in [0, 0.1) is 5.41 Å². The van der Waals surface area contributed by atoms with Crippen molar-refractivity contribution in [2.24, 2.45) is 5.41 Å². The fraction of sp³-hybridized carbons (Fsp3) is 0.647. The molecular weight excluding hydrogens is 240 g/mol. The molecule has 0 saturated carbocycles. The SMILES string of the molecule is CC(Cl)CC(C)(C)CC1CCCc2ccccc21. The van der Waals surface area contributed by atoms with Crippen molar-refractivity contribution in [2.75, 3.05) is 0 Å². The molecule has 1 aliphatic carbocycles. The number of hydrogen-bond donors (Lipinski definition) is 0. The normalized spacial score (nSPS) is 21.4. The summed E-state index contributed by atoms with van der Waals surface area (Å²) in [5.41, 5.74) is 3.51. The van der Waals surface area contributed by atoms with Gasteiger partial charge in [-0.3, -0.25) is 0 Å². The van der Waals surface area contributed by atoms with Crippen LogP contribution in [0.5, 0.6) is 0 Å². The minimum absolute atomic E-state index is 0.277. The number of hydrogen-bond acceptors (Lipinski definition) is 0. The van der Waals surface area contributed by atoms with Gasteiger partial charge in [0.05, 0.1) is 0 Å². The summed E-state index contributed by atoms with van der Waals surface area (Å²) in [6.45, 7) is 6.84. The molecule has 0 aromatic heterocycles. The van der Waals surface area contributed by atoms with E-state index < -0.39 is 0 Å². The Morgan fingerprint density at radius 2 is 2.06 bits per heavy atom. The molecule has 100 valence electrons. The molecule has 1 aromatic carbocycles. The van der Waals surface area contributed by atoms with Gasteiger partial charge in [-0.05, 0) is 61.5 Å². The van der Waals surface area contributed by atoms with Crippen LogP contribution in [0.1, 0.15) is 63.5 Å². The van der Waals surface area contributed by atoms with Crippen LogP contribution in [0.3, 0.4) is 0 Å². The molecule has 0 amide bonds. The smallest absolute Gasteiger partial charge is 0.0312 e. The summed E-state index contributed by atoms with van der Waals surface area (Å²) in [5, 5.41) is 0.277.